The lowest BCUT2D eigenvalue weighted by Gasteiger charge is -2.04. The van der Waals surface area contributed by atoms with Crippen LogP contribution in [0.4, 0.5) is 0 Å². The van der Waals surface area contributed by atoms with Crippen molar-refractivity contribution in [1.29, 1.82) is 0 Å². The molecule has 176 valence electrons. The molecule has 6 rings (SSSR count). The van der Waals surface area contributed by atoms with E-state index in [1.54, 1.807) is 36.4 Å². The van der Waals surface area contributed by atoms with Crippen LogP contribution in [0.2, 0.25) is 0 Å². The second kappa shape index (κ2) is 8.83. The van der Waals surface area contributed by atoms with Crippen LogP contribution in [0.5, 0.6) is 11.5 Å². The van der Waals surface area contributed by atoms with Gasteiger partial charge in [-0.25, -0.2) is 14.6 Å². The Hall–Kier alpha value is -4.69. The van der Waals surface area contributed by atoms with Crippen molar-refractivity contribution in [1.82, 2.24) is 4.98 Å². The predicted molar refractivity (Wildman–Crippen MR) is 137 cm³/mol. The number of hydrogen-bond acceptors (Lipinski definition) is 8. The molecule has 0 fully saturated rings. The van der Waals surface area contributed by atoms with Crippen LogP contribution in [0, 0.1) is 0 Å². The maximum absolute atomic E-state index is 12.8. The largest absolute Gasteiger partial charge is 0.493 e. The molecule has 0 unspecified atom stereocenters. The number of thiazole rings is 1. The molecule has 36 heavy (non-hydrogen) atoms. The van der Waals surface area contributed by atoms with Crippen molar-refractivity contribution in [2.45, 2.75) is 0 Å². The van der Waals surface area contributed by atoms with Gasteiger partial charge >= 0.3 is 11.6 Å². The number of esters is 1. The normalized spacial score (nSPS) is 11.1. The fourth-order valence-electron chi connectivity index (χ4n) is 3.90. The van der Waals surface area contributed by atoms with Crippen LogP contribution in [0.3, 0.4) is 0 Å². The molecule has 0 spiro atoms. The van der Waals surface area contributed by atoms with Crippen LogP contribution in [-0.4, -0.2) is 18.1 Å². The van der Waals surface area contributed by atoms with E-state index in [9.17, 15) is 9.59 Å². The number of furan rings is 1. The van der Waals surface area contributed by atoms with Crippen LogP contribution in [0.1, 0.15) is 10.6 Å². The zero-order valence-corrected chi connectivity index (χ0v) is 19.7. The minimum absolute atomic E-state index is 0.0318. The lowest BCUT2D eigenvalue weighted by molar-refractivity contribution is 0.0704. The predicted octanol–water partition coefficient (Wildman–Crippen LogP) is 6.56. The van der Waals surface area contributed by atoms with Gasteiger partial charge < -0.3 is 18.3 Å². The number of fused-ring (bicyclic) bond motifs is 2. The van der Waals surface area contributed by atoms with Crippen molar-refractivity contribution >= 4 is 39.2 Å². The van der Waals surface area contributed by atoms with Crippen molar-refractivity contribution in [3.05, 3.63) is 100 Å². The first-order valence-electron chi connectivity index (χ1n) is 11.0. The Balaban J connectivity index is 1.28. The van der Waals surface area contributed by atoms with Crippen LogP contribution >= 0.6 is 11.3 Å². The molecular formula is C28H17NO6S. The van der Waals surface area contributed by atoms with E-state index in [0.717, 1.165) is 16.6 Å². The first-order chi connectivity index (χ1) is 17.6. The van der Waals surface area contributed by atoms with Crippen molar-refractivity contribution in [2.75, 3.05) is 7.11 Å². The van der Waals surface area contributed by atoms with Gasteiger partial charge in [-0.3, -0.25) is 0 Å². The van der Waals surface area contributed by atoms with E-state index in [0.29, 0.717) is 32.9 Å². The standard InChI is InChI=1S/C28H17NO6S/c1-32-22-9-5-8-18-13-24(34-25(18)22)28(31)33-19-11-10-17-12-20(27(30)35-23(17)14-19)26-29-21(15-36-26)16-6-3-2-4-7-16/h2-15H,1H3. The molecule has 3 aromatic heterocycles. The van der Waals surface area contributed by atoms with Gasteiger partial charge in [0.2, 0.25) is 5.76 Å². The molecular weight excluding hydrogens is 478 g/mol. The minimum atomic E-state index is -0.678. The number of carbonyl (C=O) groups excluding carboxylic acids is 1. The summed E-state index contributed by atoms with van der Waals surface area (Å²) in [5, 5.41) is 3.87. The number of aromatic nitrogens is 1. The van der Waals surface area contributed by atoms with E-state index in [-0.39, 0.29) is 11.5 Å². The van der Waals surface area contributed by atoms with Gasteiger partial charge in [-0.15, -0.1) is 11.3 Å². The fourth-order valence-corrected chi connectivity index (χ4v) is 4.73. The minimum Gasteiger partial charge on any atom is -0.493 e. The maximum Gasteiger partial charge on any atom is 0.379 e. The summed E-state index contributed by atoms with van der Waals surface area (Å²) in [5.41, 5.74) is 2.36. The van der Waals surface area contributed by atoms with E-state index in [1.165, 1.54) is 24.5 Å². The van der Waals surface area contributed by atoms with E-state index < -0.39 is 11.6 Å². The van der Waals surface area contributed by atoms with E-state index in [4.69, 9.17) is 18.3 Å². The third kappa shape index (κ3) is 3.93. The second-order valence-corrected chi connectivity index (χ2v) is 8.79. The number of rotatable bonds is 5. The lowest BCUT2D eigenvalue weighted by Crippen LogP contribution is -2.07. The molecule has 0 amide bonds. The molecule has 7 nitrogen and oxygen atoms in total. The molecule has 0 N–H and O–H groups in total. The van der Waals surface area contributed by atoms with Gasteiger partial charge in [0, 0.05) is 27.8 Å². The zero-order chi connectivity index (χ0) is 24.6. The monoisotopic (exact) mass is 495 g/mol. The van der Waals surface area contributed by atoms with Gasteiger partial charge in [0.15, 0.2) is 11.3 Å². The van der Waals surface area contributed by atoms with Crippen LogP contribution < -0.4 is 15.1 Å². The summed E-state index contributed by atoms with van der Waals surface area (Å²) in [6.07, 6.45) is 0. The molecule has 0 aliphatic rings. The van der Waals surface area contributed by atoms with Gasteiger partial charge in [0.1, 0.15) is 16.3 Å². The average molecular weight is 496 g/mol. The Morgan fingerprint density at radius 2 is 1.78 bits per heavy atom. The summed E-state index contributed by atoms with van der Waals surface area (Å²) >= 11 is 1.37. The molecule has 3 heterocycles. The molecule has 8 heteroatoms. The fraction of sp³-hybridized carbons (Fsp3) is 0.0357. The van der Waals surface area contributed by atoms with Crippen LogP contribution in [0.25, 0.3) is 43.8 Å². The third-order valence-corrected chi connectivity index (χ3v) is 6.53. The molecule has 0 aliphatic heterocycles. The average Bonchev–Trinajstić information content (AvgIpc) is 3.56. The number of para-hydroxylation sites is 1. The van der Waals surface area contributed by atoms with E-state index >= 15 is 0 Å². The highest BCUT2D eigenvalue weighted by Crippen LogP contribution is 2.31. The van der Waals surface area contributed by atoms with Gasteiger partial charge in [-0.05, 0) is 30.3 Å². The zero-order valence-electron chi connectivity index (χ0n) is 18.9. The Morgan fingerprint density at radius 3 is 2.61 bits per heavy atom. The summed E-state index contributed by atoms with van der Waals surface area (Å²) in [4.78, 5) is 30.1. The quantitative estimate of drug-likeness (QED) is 0.152. The first-order valence-corrected chi connectivity index (χ1v) is 11.8. The highest BCUT2D eigenvalue weighted by molar-refractivity contribution is 7.13. The topological polar surface area (TPSA) is 91.8 Å². The summed E-state index contributed by atoms with van der Waals surface area (Å²) in [6.45, 7) is 0. The SMILES string of the molecule is COc1cccc2cc(C(=O)Oc3ccc4cc(-c5nc(-c6ccccc6)cs5)c(=O)oc4c3)oc12. The molecule has 0 aliphatic carbocycles. The summed E-state index contributed by atoms with van der Waals surface area (Å²) in [5.74, 6) is 0.0922. The van der Waals surface area contributed by atoms with Gasteiger partial charge in [0.05, 0.1) is 18.4 Å². The Morgan fingerprint density at radius 1 is 0.917 bits per heavy atom. The highest BCUT2D eigenvalue weighted by atomic mass is 32.1. The maximum atomic E-state index is 12.8. The van der Waals surface area contributed by atoms with Crippen molar-refractivity contribution in [2.24, 2.45) is 0 Å². The number of hydrogen-bond donors (Lipinski definition) is 0. The third-order valence-electron chi connectivity index (χ3n) is 5.65. The molecule has 3 aromatic carbocycles. The number of nitrogens with zero attached hydrogens (tertiary/aromatic N) is 1. The lowest BCUT2D eigenvalue weighted by atomic mass is 10.1. The van der Waals surface area contributed by atoms with Crippen molar-refractivity contribution in [3.8, 4) is 33.3 Å². The number of carbonyl (C=O) groups is 1. The molecule has 0 bridgehead atoms. The van der Waals surface area contributed by atoms with E-state index in [2.05, 4.69) is 4.98 Å². The molecule has 0 radical (unpaired) electrons. The van der Waals surface area contributed by atoms with Crippen molar-refractivity contribution < 1.29 is 23.1 Å². The van der Waals surface area contributed by atoms with Gasteiger partial charge in [-0.1, -0.05) is 42.5 Å². The summed E-state index contributed by atoms with van der Waals surface area (Å²) < 4.78 is 21.9. The summed E-state index contributed by atoms with van der Waals surface area (Å²) in [6, 6.07) is 23.3. The molecule has 0 saturated carbocycles. The molecule has 0 saturated heterocycles. The van der Waals surface area contributed by atoms with Crippen LogP contribution in [-0.2, 0) is 0 Å². The molecule has 0 atom stereocenters. The smallest absolute Gasteiger partial charge is 0.379 e. The number of benzene rings is 3. The van der Waals surface area contributed by atoms with Crippen molar-refractivity contribution in [3.63, 3.8) is 0 Å². The first kappa shape index (κ1) is 21.8. The molecule has 6 aromatic rings. The van der Waals surface area contributed by atoms with Gasteiger partial charge in [-0.2, -0.15) is 0 Å². The Labute approximate surface area is 208 Å². The Bertz CT molecular complexity index is 1800. The van der Waals surface area contributed by atoms with E-state index in [1.807, 2.05) is 41.8 Å². The second-order valence-electron chi connectivity index (χ2n) is 7.93. The van der Waals surface area contributed by atoms with Gasteiger partial charge in [0.25, 0.3) is 0 Å². The summed E-state index contributed by atoms with van der Waals surface area (Å²) in [7, 11) is 1.53. The van der Waals surface area contributed by atoms with Crippen LogP contribution in [0.15, 0.2) is 97.9 Å². The highest BCUT2D eigenvalue weighted by Gasteiger charge is 2.18. The number of ether oxygens (including phenoxy) is 2. The number of methoxy groups -OCH3 is 1. The Kier molecular flexibility index (Phi) is 5.35.